The van der Waals surface area contributed by atoms with E-state index in [0.717, 1.165) is 5.56 Å². The van der Waals surface area contributed by atoms with Gasteiger partial charge in [0.2, 0.25) is 11.8 Å². The van der Waals surface area contributed by atoms with Gasteiger partial charge in [-0.2, -0.15) is 0 Å². The highest BCUT2D eigenvalue weighted by atomic mass is 16.2. The third-order valence-electron chi connectivity index (χ3n) is 2.93. The van der Waals surface area contributed by atoms with Crippen LogP contribution in [-0.2, 0) is 16.0 Å². The first kappa shape index (κ1) is 15.2. The molecule has 0 heterocycles. The number of anilines is 1. The van der Waals surface area contributed by atoms with Crippen molar-refractivity contribution in [1.29, 1.82) is 0 Å². The standard InChI is InChI=1S/C14H21N3O2/c1-9(2)13(15)14(19)17-11-7-5-4-6-10(11)8-12(18)16-3/h4-7,9,13H,8,15H2,1-3H3,(H,16,18)(H,17,19)/t13-/m1/s1. The summed E-state index contributed by atoms with van der Waals surface area (Å²) in [6, 6.07) is 6.66. The van der Waals surface area contributed by atoms with E-state index in [1.165, 1.54) is 0 Å². The topological polar surface area (TPSA) is 84.2 Å². The van der Waals surface area contributed by atoms with Crippen molar-refractivity contribution < 1.29 is 9.59 Å². The number of benzene rings is 1. The zero-order valence-electron chi connectivity index (χ0n) is 11.6. The van der Waals surface area contributed by atoms with Gasteiger partial charge in [0.05, 0.1) is 12.5 Å². The van der Waals surface area contributed by atoms with Crippen LogP contribution in [0.15, 0.2) is 24.3 Å². The number of rotatable bonds is 5. The third kappa shape index (κ3) is 4.37. The molecule has 0 aliphatic carbocycles. The largest absolute Gasteiger partial charge is 0.359 e. The lowest BCUT2D eigenvalue weighted by molar-refractivity contribution is -0.120. The van der Waals surface area contributed by atoms with Crippen LogP contribution in [-0.4, -0.2) is 24.9 Å². The summed E-state index contributed by atoms with van der Waals surface area (Å²) in [5.74, 6) is -0.277. The highest BCUT2D eigenvalue weighted by Gasteiger charge is 2.18. The monoisotopic (exact) mass is 263 g/mol. The van der Waals surface area contributed by atoms with E-state index < -0.39 is 6.04 Å². The van der Waals surface area contributed by atoms with Gasteiger partial charge in [0.15, 0.2) is 0 Å². The normalized spacial score (nSPS) is 12.1. The molecule has 0 saturated heterocycles. The highest BCUT2D eigenvalue weighted by molar-refractivity contribution is 5.96. The molecule has 1 aromatic rings. The molecule has 0 unspecified atom stereocenters. The fraction of sp³-hybridized carbons (Fsp3) is 0.429. The second-order valence-corrected chi connectivity index (χ2v) is 4.77. The van der Waals surface area contributed by atoms with Crippen molar-refractivity contribution in [3.8, 4) is 0 Å². The average Bonchev–Trinajstić information content (AvgIpc) is 2.39. The molecule has 5 heteroatoms. The molecule has 2 amide bonds. The smallest absolute Gasteiger partial charge is 0.241 e. The van der Waals surface area contributed by atoms with E-state index in [1.807, 2.05) is 32.0 Å². The van der Waals surface area contributed by atoms with E-state index in [0.29, 0.717) is 5.69 Å². The highest BCUT2D eigenvalue weighted by Crippen LogP contribution is 2.16. The number of carbonyl (C=O) groups is 2. The van der Waals surface area contributed by atoms with Gasteiger partial charge < -0.3 is 16.4 Å². The number of carbonyl (C=O) groups excluding carboxylic acids is 2. The average molecular weight is 263 g/mol. The Balaban J connectivity index is 2.83. The predicted octanol–water partition coefficient (Wildman–Crippen LogP) is 0.897. The van der Waals surface area contributed by atoms with Crippen molar-refractivity contribution in [2.75, 3.05) is 12.4 Å². The molecule has 4 N–H and O–H groups in total. The van der Waals surface area contributed by atoms with Gasteiger partial charge in [-0.1, -0.05) is 32.0 Å². The fourth-order valence-corrected chi connectivity index (χ4v) is 1.58. The van der Waals surface area contributed by atoms with Gasteiger partial charge in [0.1, 0.15) is 0 Å². The van der Waals surface area contributed by atoms with Crippen LogP contribution in [0.2, 0.25) is 0 Å². The molecule has 0 bridgehead atoms. The molecule has 1 aromatic carbocycles. The van der Waals surface area contributed by atoms with Crippen molar-refractivity contribution in [1.82, 2.24) is 5.32 Å². The Bertz CT molecular complexity index is 458. The van der Waals surface area contributed by atoms with Gasteiger partial charge >= 0.3 is 0 Å². The Labute approximate surface area is 113 Å². The van der Waals surface area contributed by atoms with E-state index >= 15 is 0 Å². The summed E-state index contributed by atoms with van der Waals surface area (Å²) in [5.41, 5.74) is 7.20. The summed E-state index contributed by atoms with van der Waals surface area (Å²) in [6.07, 6.45) is 0.226. The van der Waals surface area contributed by atoms with Crippen LogP contribution in [0.25, 0.3) is 0 Å². The second kappa shape index (κ2) is 6.89. The van der Waals surface area contributed by atoms with Gasteiger partial charge in [0.25, 0.3) is 0 Å². The van der Waals surface area contributed by atoms with Gasteiger partial charge in [-0.15, -0.1) is 0 Å². The van der Waals surface area contributed by atoms with Gasteiger partial charge in [-0.3, -0.25) is 9.59 Å². The van der Waals surface area contributed by atoms with E-state index in [9.17, 15) is 9.59 Å². The first-order valence-corrected chi connectivity index (χ1v) is 6.30. The number of likely N-dealkylation sites (N-methyl/N-ethyl adjacent to an activating group) is 1. The SMILES string of the molecule is CNC(=O)Cc1ccccc1NC(=O)[C@H](N)C(C)C. The molecule has 1 rings (SSSR count). The molecule has 0 radical (unpaired) electrons. The van der Waals surface area contributed by atoms with Crippen LogP contribution < -0.4 is 16.4 Å². The van der Waals surface area contributed by atoms with Gasteiger partial charge in [0, 0.05) is 12.7 Å². The summed E-state index contributed by atoms with van der Waals surface area (Å²) in [5, 5.41) is 5.34. The van der Waals surface area contributed by atoms with Crippen LogP contribution in [0.4, 0.5) is 5.69 Å². The molecule has 0 aromatic heterocycles. The summed E-state index contributed by atoms with van der Waals surface area (Å²) in [6.45, 7) is 3.78. The maximum atomic E-state index is 11.9. The molecule has 1 atom stereocenters. The summed E-state index contributed by atoms with van der Waals surface area (Å²) in [7, 11) is 1.58. The lowest BCUT2D eigenvalue weighted by atomic mass is 10.0. The van der Waals surface area contributed by atoms with E-state index in [1.54, 1.807) is 13.1 Å². The zero-order valence-corrected chi connectivity index (χ0v) is 11.6. The molecule has 0 spiro atoms. The third-order valence-corrected chi connectivity index (χ3v) is 2.93. The number of nitrogens with one attached hydrogen (secondary N) is 2. The number of amides is 2. The molecule has 104 valence electrons. The lowest BCUT2D eigenvalue weighted by Crippen LogP contribution is -2.40. The molecule has 19 heavy (non-hydrogen) atoms. The second-order valence-electron chi connectivity index (χ2n) is 4.77. The number of para-hydroxylation sites is 1. The first-order valence-electron chi connectivity index (χ1n) is 6.30. The minimum Gasteiger partial charge on any atom is -0.359 e. The Hall–Kier alpha value is -1.88. The molecular formula is C14H21N3O2. The van der Waals surface area contributed by atoms with Gasteiger partial charge in [-0.25, -0.2) is 0 Å². The summed E-state index contributed by atoms with van der Waals surface area (Å²) in [4.78, 5) is 23.3. The Kier molecular flexibility index (Phi) is 5.51. The number of nitrogens with two attached hydrogens (primary N) is 1. The fourth-order valence-electron chi connectivity index (χ4n) is 1.58. The quantitative estimate of drug-likeness (QED) is 0.738. The first-order chi connectivity index (χ1) is 8.95. The van der Waals surface area contributed by atoms with Crippen molar-refractivity contribution >= 4 is 17.5 Å². The van der Waals surface area contributed by atoms with Crippen LogP contribution in [0.1, 0.15) is 19.4 Å². The molecule has 0 fully saturated rings. The van der Waals surface area contributed by atoms with Crippen molar-refractivity contribution in [2.24, 2.45) is 11.7 Å². The van der Waals surface area contributed by atoms with Gasteiger partial charge in [-0.05, 0) is 17.5 Å². The van der Waals surface area contributed by atoms with Crippen molar-refractivity contribution in [3.05, 3.63) is 29.8 Å². The van der Waals surface area contributed by atoms with E-state index in [4.69, 9.17) is 5.73 Å². The minimum absolute atomic E-state index is 0.0612. The zero-order chi connectivity index (χ0) is 14.4. The Morgan fingerprint density at radius 1 is 1.26 bits per heavy atom. The van der Waals surface area contributed by atoms with Crippen LogP contribution >= 0.6 is 0 Å². The molecule has 5 nitrogen and oxygen atoms in total. The van der Waals surface area contributed by atoms with Crippen LogP contribution in [0.5, 0.6) is 0 Å². The van der Waals surface area contributed by atoms with Crippen molar-refractivity contribution in [2.45, 2.75) is 26.3 Å². The molecule has 0 aliphatic rings. The van der Waals surface area contributed by atoms with Crippen molar-refractivity contribution in [3.63, 3.8) is 0 Å². The lowest BCUT2D eigenvalue weighted by Gasteiger charge is -2.17. The molecule has 0 saturated carbocycles. The summed E-state index contributed by atoms with van der Waals surface area (Å²) < 4.78 is 0. The summed E-state index contributed by atoms with van der Waals surface area (Å²) >= 11 is 0. The maximum absolute atomic E-state index is 11.9. The van der Waals surface area contributed by atoms with Crippen LogP contribution in [0, 0.1) is 5.92 Å². The Morgan fingerprint density at radius 2 is 1.89 bits per heavy atom. The minimum atomic E-state index is -0.562. The predicted molar refractivity (Wildman–Crippen MR) is 75.7 cm³/mol. The van der Waals surface area contributed by atoms with E-state index in [-0.39, 0.29) is 24.2 Å². The Morgan fingerprint density at radius 3 is 2.47 bits per heavy atom. The molecule has 0 aliphatic heterocycles. The molecular weight excluding hydrogens is 242 g/mol. The number of hydrogen-bond acceptors (Lipinski definition) is 3. The van der Waals surface area contributed by atoms with Crippen LogP contribution in [0.3, 0.4) is 0 Å². The maximum Gasteiger partial charge on any atom is 0.241 e. The number of hydrogen-bond donors (Lipinski definition) is 3. The van der Waals surface area contributed by atoms with E-state index in [2.05, 4.69) is 10.6 Å².